The summed E-state index contributed by atoms with van der Waals surface area (Å²) in [7, 11) is 3.55. The van der Waals surface area contributed by atoms with Gasteiger partial charge >= 0.3 is 6.01 Å². The first kappa shape index (κ1) is 25.3. The summed E-state index contributed by atoms with van der Waals surface area (Å²) in [4.78, 5) is 19.0. The molecule has 10 heteroatoms. The highest BCUT2D eigenvalue weighted by molar-refractivity contribution is 5.75. The van der Waals surface area contributed by atoms with E-state index in [1.807, 2.05) is 24.1 Å². The average Bonchev–Trinajstić information content (AvgIpc) is 2.79. The second-order valence-corrected chi connectivity index (χ2v) is 7.20. The van der Waals surface area contributed by atoms with Crippen molar-refractivity contribution in [2.45, 2.75) is 39.2 Å². The molecule has 2 heterocycles. The molecule has 0 saturated heterocycles. The van der Waals surface area contributed by atoms with Crippen molar-refractivity contribution in [1.29, 1.82) is 0 Å². The van der Waals surface area contributed by atoms with E-state index in [4.69, 9.17) is 19.9 Å². The molecule has 0 saturated carbocycles. The monoisotopic (exact) mass is 445 g/mol. The summed E-state index contributed by atoms with van der Waals surface area (Å²) >= 11 is 0. The van der Waals surface area contributed by atoms with E-state index in [0.717, 1.165) is 37.8 Å². The van der Waals surface area contributed by atoms with Crippen molar-refractivity contribution in [3.8, 4) is 11.9 Å². The van der Waals surface area contributed by atoms with Crippen LogP contribution in [0.4, 0.5) is 17.3 Å². The van der Waals surface area contributed by atoms with Gasteiger partial charge in [0.2, 0.25) is 5.88 Å². The minimum atomic E-state index is 0.206. The Morgan fingerprint density at radius 2 is 1.97 bits per heavy atom. The Morgan fingerprint density at radius 1 is 1.16 bits per heavy atom. The minimum Gasteiger partial charge on any atom is -0.478 e. The van der Waals surface area contributed by atoms with Crippen molar-refractivity contribution < 1.29 is 14.2 Å². The summed E-state index contributed by atoms with van der Waals surface area (Å²) in [6, 6.07) is 4.03. The van der Waals surface area contributed by atoms with Crippen LogP contribution in [0, 0.1) is 0 Å². The number of aliphatic imine (C=N–C) groups is 1. The van der Waals surface area contributed by atoms with Gasteiger partial charge < -0.3 is 30.2 Å². The minimum absolute atomic E-state index is 0.206. The molecular weight excluding hydrogens is 410 g/mol. The maximum atomic E-state index is 6.10. The number of pyridine rings is 1. The predicted molar refractivity (Wildman–Crippen MR) is 127 cm³/mol. The SMILES string of the molecule is C=Nc1c(N)nc(OCCCC)nc1N(COC)Cc1ccc(OCCCCNC)nc1. The van der Waals surface area contributed by atoms with Gasteiger partial charge in [0, 0.05) is 25.9 Å². The number of methoxy groups -OCH3 is 1. The second-order valence-electron chi connectivity index (χ2n) is 7.20. The summed E-state index contributed by atoms with van der Waals surface area (Å²) in [5.74, 6) is 1.30. The molecule has 0 atom stereocenters. The Bertz CT molecular complexity index is 818. The van der Waals surface area contributed by atoms with Crippen LogP contribution < -0.4 is 25.4 Å². The molecule has 0 unspecified atom stereocenters. The number of nitrogen functional groups attached to an aromatic ring is 1. The smallest absolute Gasteiger partial charge is 0.320 e. The molecule has 2 aromatic rings. The first-order valence-electron chi connectivity index (χ1n) is 10.9. The maximum absolute atomic E-state index is 6.10. The van der Waals surface area contributed by atoms with Crippen molar-refractivity contribution >= 4 is 24.0 Å². The normalized spacial score (nSPS) is 10.7. The number of anilines is 2. The third kappa shape index (κ3) is 7.93. The van der Waals surface area contributed by atoms with Crippen molar-refractivity contribution in [2.75, 3.05) is 51.3 Å². The fourth-order valence-corrected chi connectivity index (χ4v) is 2.91. The lowest BCUT2D eigenvalue weighted by Gasteiger charge is -2.24. The lowest BCUT2D eigenvalue weighted by Crippen LogP contribution is -2.27. The summed E-state index contributed by atoms with van der Waals surface area (Å²) in [5.41, 5.74) is 7.43. The zero-order valence-electron chi connectivity index (χ0n) is 19.3. The first-order chi connectivity index (χ1) is 15.6. The molecule has 32 heavy (non-hydrogen) atoms. The summed E-state index contributed by atoms with van der Waals surface area (Å²) < 4.78 is 16.8. The van der Waals surface area contributed by atoms with E-state index in [1.54, 1.807) is 13.3 Å². The van der Waals surface area contributed by atoms with E-state index < -0.39 is 0 Å². The number of nitrogens with two attached hydrogens (primary N) is 1. The number of nitrogens with zero attached hydrogens (tertiary/aromatic N) is 5. The summed E-state index contributed by atoms with van der Waals surface area (Å²) in [6.45, 7) is 8.56. The van der Waals surface area contributed by atoms with Crippen LogP contribution >= 0.6 is 0 Å². The number of hydrogen-bond donors (Lipinski definition) is 2. The second kappa shape index (κ2) is 14.2. The van der Waals surface area contributed by atoms with Gasteiger partial charge in [0.15, 0.2) is 11.6 Å². The van der Waals surface area contributed by atoms with E-state index >= 15 is 0 Å². The third-order valence-electron chi connectivity index (χ3n) is 4.59. The summed E-state index contributed by atoms with van der Waals surface area (Å²) in [6.07, 6.45) is 5.72. The Labute approximate surface area is 190 Å². The highest BCUT2D eigenvalue weighted by Gasteiger charge is 2.19. The van der Waals surface area contributed by atoms with Gasteiger partial charge in [-0.15, -0.1) is 0 Å². The van der Waals surface area contributed by atoms with Crippen molar-refractivity contribution in [2.24, 2.45) is 4.99 Å². The lowest BCUT2D eigenvalue weighted by molar-refractivity contribution is 0.195. The van der Waals surface area contributed by atoms with Gasteiger partial charge in [0.1, 0.15) is 12.4 Å². The van der Waals surface area contributed by atoms with Crippen LogP contribution in [0.3, 0.4) is 0 Å². The van der Waals surface area contributed by atoms with E-state index in [9.17, 15) is 0 Å². The van der Waals surface area contributed by atoms with E-state index in [2.05, 4.69) is 38.9 Å². The predicted octanol–water partition coefficient (Wildman–Crippen LogP) is 2.95. The topological polar surface area (TPSA) is 120 Å². The first-order valence-corrected chi connectivity index (χ1v) is 10.9. The van der Waals surface area contributed by atoms with Gasteiger partial charge in [-0.1, -0.05) is 19.4 Å². The van der Waals surface area contributed by atoms with Gasteiger partial charge in [0.05, 0.1) is 13.2 Å². The van der Waals surface area contributed by atoms with Gasteiger partial charge in [-0.25, -0.2) is 4.98 Å². The van der Waals surface area contributed by atoms with Gasteiger partial charge in [0.25, 0.3) is 0 Å². The molecule has 0 aliphatic carbocycles. The van der Waals surface area contributed by atoms with E-state index in [-0.39, 0.29) is 18.6 Å². The number of aromatic nitrogens is 3. The highest BCUT2D eigenvalue weighted by atomic mass is 16.5. The summed E-state index contributed by atoms with van der Waals surface area (Å²) in [5, 5.41) is 3.12. The molecule has 0 radical (unpaired) electrons. The molecule has 176 valence electrons. The van der Waals surface area contributed by atoms with Gasteiger partial charge in [-0.2, -0.15) is 9.97 Å². The zero-order chi connectivity index (χ0) is 23.2. The fourth-order valence-electron chi connectivity index (χ4n) is 2.91. The molecule has 0 aliphatic rings. The van der Waals surface area contributed by atoms with Crippen molar-refractivity contribution in [3.63, 3.8) is 0 Å². The van der Waals surface area contributed by atoms with Crippen LogP contribution in [-0.2, 0) is 11.3 Å². The Kier molecular flexibility index (Phi) is 11.2. The lowest BCUT2D eigenvalue weighted by atomic mass is 10.2. The van der Waals surface area contributed by atoms with Crippen LogP contribution in [0.25, 0.3) is 0 Å². The Morgan fingerprint density at radius 3 is 2.62 bits per heavy atom. The van der Waals surface area contributed by atoms with Crippen LogP contribution in [0.5, 0.6) is 11.9 Å². The van der Waals surface area contributed by atoms with Crippen molar-refractivity contribution in [1.82, 2.24) is 20.3 Å². The molecular formula is C22H35N7O3. The van der Waals surface area contributed by atoms with Crippen LogP contribution in [0.2, 0.25) is 0 Å². The number of unbranched alkanes of at least 4 members (excludes halogenated alkanes) is 2. The molecule has 0 spiro atoms. The maximum Gasteiger partial charge on any atom is 0.320 e. The van der Waals surface area contributed by atoms with Gasteiger partial charge in [-0.05, 0) is 45.1 Å². The van der Waals surface area contributed by atoms with E-state index in [0.29, 0.717) is 37.1 Å². The molecule has 2 aromatic heterocycles. The Balaban J connectivity index is 2.13. The molecule has 0 aliphatic heterocycles. The average molecular weight is 446 g/mol. The van der Waals surface area contributed by atoms with Gasteiger partial charge in [-0.3, -0.25) is 4.99 Å². The van der Waals surface area contributed by atoms with E-state index in [1.165, 1.54) is 0 Å². The van der Waals surface area contributed by atoms with Crippen LogP contribution in [0.15, 0.2) is 23.3 Å². The molecule has 0 aromatic carbocycles. The standard InChI is InChI=1S/C22H35N7O3/c1-5-6-12-32-22-27-20(23)19(25-3)21(28-22)29(16-30-4)15-17-9-10-18(26-14-17)31-13-8-7-11-24-2/h9-10,14,24H,3,5-8,11-13,15-16H2,1-2,4H3,(H2,23,27,28). The Hall–Kier alpha value is -2.98. The largest absolute Gasteiger partial charge is 0.478 e. The molecule has 10 nitrogen and oxygen atoms in total. The quantitative estimate of drug-likeness (QED) is 0.228. The highest BCUT2D eigenvalue weighted by Crippen LogP contribution is 2.33. The number of ether oxygens (including phenoxy) is 3. The number of rotatable bonds is 16. The molecule has 2 rings (SSSR count). The molecule has 0 bridgehead atoms. The molecule has 3 N–H and O–H groups in total. The molecule has 0 amide bonds. The molecule has 0 fully saturated rings. The van der Waals surface area contributed by atoms with Crippen molar-refractivity contribution in [3.05, 3.63) is 23.9 Å². The van der Waals surface area contributed by atoms with Crippen LogP contribution in [-0.4, -0.2) is 62.3 Å². The number of hydrogen-bond acceptors (Lipinski definition) is 10. The number of nitrogens with one attached hydrogen (secondary N) is 1. The third-order valence-corrected chi connectivity index (χ3v) is 4.59. The fraction of sp³-hybridized carbons (Fsp3) is 0.545. The van der Waals surface area contributed by atoms with Crippen LogP contribution in [0.1, 0.15) is 38.2 Å². The zero-order valence-corrected chi connectivity index (χ0v) is 19.3.